The van der Waals surface area contributed by atoms with Crippen molar-refractivity contribution in [2.45, 2.75) is 33.0 Å². The molecule has 0 saturated heterocycles. The van der Waals surface area contributed by atoms with Crippen molar-refractivity contribution in [2.24, 2.45) is 0 Å². The van der Waals surface area contributed by atoms with Gasteiger partial charge >= 0.3 is 0 Å². The lowest BCUT2D eigenvalue weighted by atomic mass is 10.2. The third kappa shape index (κ3) is 4.76. The fraction of sp³-hybridized carbons (Fsp3) is 0.294. The molecule has 2 N–H and O–H groups in total. The standard InChI is InChI=1S/C17H20FNO2/c1-12(2)19-10-14-5-8-17(16(18)9-14)21-11-13-3-6-15(20)7-4-13/h3-9,12,19-20H,10-11H2,1-2H3. The lowest BCUT2D eigenvalue weighted by Gasteiger charge is -2.11. The summed E-state index contributed by atoms with van der Waals surface area (Å²) in [6.45, 7) is 4.99. The summed E-state index contributed by atoms with van der Waals surface area (Å²) in [5.41, 5.74) is 1.76. The van der Waals surface area contributed by atoms with Crippen molar-refractivity contribution in [3.63, 3.8) is 0 Å². The normalized spacial score (nSPS) is 10.9. The van der Waals surface area contributed by atoms with E-state index in [0.717, 1.165) is 11.1 Å². The molecule has 2 aromatic rings. The van der Waals surface area contributed by atoms with Crippen molar-refractivity contribution in [3.8, 4) is 11.5 Å². The number of aromatic hydroxyl groups is 1. The summed E-state index contributed by atoms with van der Waals surface area (Å²) in [6.07, 6.45) is 0. The van der Waals surface area contributed by atoms with E-state index in [1.165, 1.54) is 6.07 Å². The lowest BCUT2D eigenvalue weighted by molar-refractivity contribution is 0.290. The second-order valence-electron chi connectivity index (χ2n) is 5.26. The summed E-state index contributed by atoms with van der Waals surface area (Å²) in [4.78, 5) is 0. The van der Waals surface area contributed by atoms with Gasteiger partial charge in [-0.05, 0) is 35.4 Å². The number of halogens is 1. The fourth-order valence-corrected chi connectivity index (χ4v) is 1.85. The van der Waals surface area contributed by atoms with Crippen molar-refractivity contribution in [1.29, 1.82) is 0 Å². The van der Waals surface area contributed by atoms with Gasteiger partial charge in [0.25, 0.3) is 0 Å². The Bertz CT molecular complexity index is 582. The molecule has 3 nitrogen and oxygen atoms in total. The van der Waals surface area contributed by atoms with E-state index in [9.17, 15) is 9.50 Å². The number of hydrogen-bond acceptors (Lipinski definition) is 3. The maximum Gasteiger partial charge on any atom is 0.165 e. The van der Waals surface area contributed by atoms with Crippen LogP contribution in [0.2, 0.25) is 0 Å². The van der Waals surface area contributed by atoms with Crippen molar-refractivity contribution in [2.75, 3.05) is 0 Å². The van der Waals surface area contributed by atoms with Crippen LogP contribution in [0.5, 0.6) is 11.5 Å². The molecule has 0 amide bonds. The van der Waals surface area contributed by atoms with Crippen LogP contribution in [0.25, 0.3) is 0 Å². The van der Waals surface area contributed by atoms with Crippen molar-refractivity contribution >= 4 is 0 Å². The molecular weight excluding hydrogens is 269 g/mol. The highest BCUT2D eigenvalue weighted by atomic mass is 19.1. The van der Waals surface area contributed by atoms with E-state index in [0.29, 0.717) is 12.6 Å². The molecule has 0 aromatic heterocycles. The Morgan fingerprint density at radius 1 is 1.10 bits per heavy atom. The zero-order chi connectivity index (χ0) is 15.2. The number of ether oxygens (including phenoxy) is 1. The maximum absolute atomic E-state index is 13.9. The first-order chi connectivity index (χ1) is 10.0. The van der Waals surface area contributed by atoms with Gasteiger partial charge in [-0.2, -0.15) is 0 Å². The van der Waals surface area contributed by atoms with Crippen LogP contribution in [0.15, 0.2) is 42.5 Å². The Kier molecular flexibility index (Phi) is 5.17. The molecule has 0 spiro atoms. The van der Waals surface area contributed by atoms with E-state index < -0.39 is 0 Å². The minimum atomic E-state index is -0.364. The van der Waals surface area contributed by atoms with Gasteiger partial charge in [0.2, 0.25) is 0 Å². The van der Waals surface area contributed by atoms with Crippen LogP contribution in [0.1, 0.15) is 25.0 Å². The number of nitrogens with one attached hydrogen (secondary N) is 1. The predicted octanol–water partition coefficient (Wildman–Crippen LogP) is 3.61. The molecule has 2 aromatic carbocycles. The molecule has 0 aliphatic carbocycles. The van der Waals surface area contributed by atoms with E-state index in [1.807, 2.05) is 19.9 Å². The van der Waals surface area contributed by atoms with Crippen molar-refractivity contribution < 1.29 is 14.2 Å². The summed E-state index contributed by atoms with van der Waals surface area (Å²) in [5, 5.41) is 12.4. The lowest BCUT2D eigenvalue weighted by Crippen LogP contribution is -2.21. The second kappa shape index (κ2) is 7.09. The number of hydrogen-bond donors (Lipinski definition) is 2. The molecule has 0 heterocycles. The first kappa shape index (κ1) is 15.3. The molecule has 0 bridgehead atoms. The van der Waals surface area contributed by atoms with Gasteiger partial charge in [-0.25, -0.2) is 4.39 Å². The molecule has 21 heavy (non-hydrogen) atoms. The van der Waals surface area contributed by atoms with E-state index >= 15 is 0 Å². The molecule has 0 fully saturated rings. The highest BCUT2D eigenvalue weighted by Gasteiger charge is 2.06. The molecule has 0 radical (unpaired) electrons. The van der Waals surface area contributed by atoms with Crippen molar-refractivity contribution in [3.05, 3.63) is 59.4 Å². The Morgan fingerprint density at radius 3 is 2.38 bits per heavy atom. The van der Waals surface area contributed by atoms with Gasteiger partial charge in [-0.1, -0.05) is 32.0 Å². The van der Waals surface area contributed by atoms with Crippen LogP contribution >= 0.6 is 0 Å². The minimum Gasteiger partial charge on any atom is -0.508 e. The van der Waals surface area contributed by atoms with Gasteiger partial charge < -0.3 is 15.2 Å². The molecular formula is C17H20FNO2. The molecule has 4 heteroatoms. The van der Waals surface area contributed by atoms with Crippen LogP contribution < -0.4 is 10.1 Å². The third-order valence-electron chi connectivity index (χ3n) is 3.04. The zero-order valence-electron chi connectivity index (χ0n) is 12.3. The van der Waals surface area contributed by atoms with Gasteiger partial charge in [0.15, 0.2) is 11.6 Å². The average molecular weight is 289 g/mol. The quantitative estimate of drug-likeness (QED) is 0.853. The van der Waals surface area contributed by atoms with E-state index in [1.54, 1.807) is 30.3 Å². The summed E-state index contributed by atoms with van der Waals surface area (Å²) >= 11 is 0. The molecule has 0 atom stereocenters. The minimum absolute atomic E-state index is 0.201. The SMILES string of the molecule is CC(C)NCc1ccc(OCc2ccc(O)cc2)c(F)c1. The van der Waals surface area contributed by atoms with Gasteiger partial charge in [0.05, 0.1) is 0 Å². The smallest absolute Gasteiger partial charge is 0.165 e. The van der Waals surface area contributed by atoms with Crippen LogP contribution in [0.3, 0.4) is 0 Å². The van der Waals surface area contributed by atoms with Gasteiger partial charge in [0.1, 0.15) is 12.4 Å². The highest BCUT2D eigenvalue weighted by molar-refractivity contribution is 5.30. The summed E-state index contributed by atoms with van der Waals surface area (Å²) in [5.74, 6) is 0.0696. The van der Waals surface area contributed by atoms with Crippen LogP contribution in [0.4, 0.5) is 4.39 Å². The van der Waals surface area contributed by atoms with Gasteiger partial charge in [0, 0.05) is 12.6 Å². The highest BCUT2D eigenvalue weighted by Crippen LogP contribution is 2.20. The largest absolute Gasteiger partial charge is 0.508 e. The second-order valence-corrected chi connectivity index (χ2v) is 5.26. The fourth-order valence-electron chi connectivity index (χ4n) is 1.85. The van der Waals surface area contributed by atoms with Crippen LogP contribution in [-0.4, -0.2) is 11.1 Å². The maximum atomic E-state index is 13.9. The zero-order valence-corrected chi connectivity index (χ0v) is 12.3. The Balaban J connectivity index is 1.95. The first-order valence-corrected chi connectivity index (χ1v) is 6.97. The Hall–Kier alpha value is -2.07. The summed E-state index contributed by atoms with van der Waals surface area (Å²) in [7, 11) is 0. The van der Waals surface area contributed by atoms with Gasteiger partial charge in [-0.15, -0.1) is 0 Å². The molecule has 0 unspecified atom stereocenters. The molecule has 0 aliphatic heterocycles. The van der Waals surface area contributed by atoms with Crippen molar-refractivity contribution in [1.82, 2.24) is 5.32 Å². The molecule has 0 saturated carbocycles. The number of phenolic OH excluding ortho intramolecular Hbond substituents is 1. The summed E-state index contributed by atoms with van der Waals surface area (Å²) < 4.78 is 19.4. The van der Waals surface area contributed by atoms with Crippen LogP contribution in [-0.2, 0) is 13.2 Å². The molecule has 0 aliphatic rings. The summed E-state index contributed by atoms with van der Waals surface area (Å²) in [6, 6.07) is 12.0. The Morgan fingerprint density at radius 2 is 1.76 bits per heavy atom. The monoisotopic (exact) mass is 289 g/mol. The number of rotatable bonds is 6. The Labute approximate surface area is 124 Å². The van der Waals surface area contributed by atoms with Crippen LogP contribution in [0, 0.1) is 5.82 Å². The van der Waals surface area contributed by atoms with E-state index in [4.69, 9.17) is 4.74 Å². The van der Waals surface area contributed by atoms with E-state index in [-0.39, 0.29) is 23.9 Å². The average Bonchev–Trinajstić information content (AvgIpc) is 2.46. The molecule has 2 rings (SSSR count). The molecule has 112 valence electrons. The first-order valence-electron chi connectivity index (χ1n) is 6.97. The van der Waals surface area contributed by atoms with E-state index in [2.05, 4.69) is 5.32 Å². The number of phenols is 1. The number of benzene rings is 2. The topological polar surface area (TPSA) is 41.5 Å². The predicted molar refractivity (Wildman–Crippen MR) is 80.8 cm³/mol. The van der Waals surface area contributed by atoms with Gasteiger partial charge in [-0.3, -0.25) is 0 Å². The third-order valence-corrected chi connectivity index (χ3v) is 3.04.